The van der Waals surface area contributed by atoms with Crippen LogP contribution in [0.3, 0.4) is 0 Å². The average Bonchev–Trinajstić information content (AvgIpc) is 3.36. The van der Waals surface area contributed by atoms with E-state index < -0.39 is 11.7 Å². The van der Waals surface area contributed by atoms with Gasteiger partial charge in [-0.1, -0.05) is 12.1 Å². The highest BCUT2D eigenvalue weighted by atomic mass is 16.6. The van der Waals surface area contributed by atoms with Crippen LogP contribution in [-0.2, 0) is 9.53 Å². The Morgan fingerprint density at radius 2 is 2.00 bits per heavy atom. The lowest BCUT2D eigenvalue weighted by molar-refractivity contribution is -0.117. The van der Waals surface area contributed by atoms with Crippen LogP contribution in [0.5, 0.6) is 5.75 Å². The summed E-state index contributed by atoms with van der Waals surface area (Å²) in [5.74, 6) is 0.0191. The smallest absolute Gasteiger partial charge is 0.410 e. The van der Waals surface area contributed by atoms with Gasteiger partial charge in [0, 0.05) is 18.2 Å². The number of phenolic OH excluding ortho intramolecular Hbond substituents is 1. The van der Waals surface area contributed by atoms with Crippen molar-refractivity contribution < 1.29 is 19.4 Å². The molecule has 1 aliphatic carbocycles. The fourth-order valence-electron chi connectivity index (χ4n) is 2.97. The lowest BCUT2D eigenvalue weighted by Crippen LogP contribution is -2.43. The molecule has 0 atom stereocenters. The van der Waals surface area contributed by atoms with Gasteiger partial charge in [-0.3, -0.25) is 4.79 Å². The quantitative estimate of drug-likeness (QED) is 0.870. The van der Waals surface area contributed by atoms with Crippen molar-refractivity contribution in [3.8, 4) is 5.75 Å². The van der Waals surface area contributed by atoms with E-state index in [4.69, 9.17) is 4.74 Å². The molecule has 1 aliphatic heterocycles. The van der Waals surface area contributed by atoms with E-state index in [-0.39, 0.29) is 24.2 Å². The fourth-order valence-corrected chi connectivity index (χ4v) is 2.97. The van der Waals surface area contributed by atoms with Crippen LogP contribution in [0.25, 0.3) is 5.57 Å². The van der Waals surface area contributed by atoms with Gasteiger partial charge in [0.25, 0.3) is 0 Å². The van der Waals surface area contributed by atoms with Crippen molar-refractivity contribution in [2.24, 2.45) is 0 Å². The van der Waals surface area contributed by atoms with E-state index in [1.165, 1.54) is 0 Å². The summed E-state index contributed by atoms with van der Waals surface area (Å²) in [7, 11) is 0. The fraction of sp³-hybridized carbons (Fsp3) is 0.500. The van der Waals surface area contributed by atoms with Crippen LogP contribution in [0, 0.1) is 0 Å². The molecule has 140 valence electrons. The van der Waals surface area contributed by atoms with E-state index in [9.17, 15) is 14.7 Å². The number of ether oxygens (including phenoxy) is 1. The van der Waals surface area contributed by atoms with Crippen LogP contribution in [0.4, 0.5) is 4.79 Å². The normalized spacial score (nSPS) is 17.9. The van der Waals surface area contributed by atoms with E-state index >= 15 is 0 Å². The number of rotatable bonds is 3. The first-order valence-electron chi connectivity index (χ1n) is 9.03. The van der Waals surface area contributed by atoms with E-state index in [0.29, 0.717) is 18.5 Å². The van der Waals surface area contributed by atoms with Crippen molar-refractivity contribution >= 4 is 17.6 Å². The Hall–Kier alpha value is -2.50. The Bertz CT molecular complexity index is 744. The predicted octanol–water partition coefficient (Wildman–Crippen LogP) is 3.07. The van der Waals surface area contributed by atoms with Gasteiger partial charge in [0.05, 0.1) is 6.54 Å². The van der Waals surface area contributed by atoms with Crippen molar-refractivity contribution in [3.05, 3.63) is 35.4 Å². The first-order valence-corrected chi connectivity index (χ1v) is 9.03. The standard InChI is InChI=1S/C20H26N2O4/c1-20(2,3)26-19(25)22-10-9-16(13-5-4-6-15(23)11-13)17(12-22)18(24)21-14-7-8-14/h4-6,11,14,23H,7-10,12H2,1-3H3,(H,21,24). The van der Waals surface area contributed by atoms with Gasteiger partial charge in [0.1, 0.15) is 11.4 Å². The van der Waals surface area contributed by atoms with Gasteiger partial charge in [0.2, 0.25) is 5.91 Å². The minimum absolute atomic E-state index is 0.140. The molecule has 0 radical (unpaired) electrons. The number of carbonyl (C=O) groups is 2. The number of benzene rings is 1. The summed E-state index contributed by atoms with van der Waals surface area (Å²) in [6, 6.07) is 7.13. The molecular weight excluding hydrogens is 332 g/mol. The van der Waals surface area contributed by atoms with Crippen molar-refractivity contribution in [1.29, 1.82) is 0 Å². The van der Waals surface area contributed by atoms with Crippen LogP contribution < -0.4 is 5.32 Å². The second-order valence-corrected chi connectivity index (χ2v) is 7.91. The van der Waals surface area contributed by atoms with Gasteiger partial charge in [0.15, 0.2) is 0 Å². The predicted molar refractivity (Wildman–Crippen MR) is 98.6 cm³/mol. The molecule has 3 rings (SSSR count). The maximum absolute atomic E-state index is 12.8. The minimum Gasteiger partial charge on any atom is -0.508 e. The number of nitrogens with one attached hydrogen (secondary N) is 1. The third-order valence-electron chi connectivity index (χ3n) is 4.38. The largest absolute Gasteiger partial charge is 0.508 e. The number of carbonyl (C=O) groups excluding carboxylic acids is 2. The first-order chi connectivity index (χ1) is 12.2. The topological polar surface area (TPSA) is 78.9 Å². The highest BCUT2D eigenvalue weighted by molar-refractivity contribution is 6.03. The summed E-state index contributed by atoms with van der Waals surface area (Å²) in [4.78, 5) is 26.8. The van der Waals surface area contributed by atoms with Crippen molar-refractivity contribution in [2.75, 3.05) is 13.1 Å². The molecule has 6 heteroatoms. The Labute approximate surface area is 153 Å². The highest BCUT2D eigenvalue weighted by Gasteiger charge is 2.32. The second-order valence-electron chi connectivity index (χ2n) is 7.91. The van der Waals surface area contributed by atoms with Gasteiger partial charge in [-0.25, -0.2) is 4.79 Å². The number of amides is 2. The Morgan fingerprint density at radius 3 is 2.62 bits per heavy atom. The molecule has 0 unspecified atom stereocenters. The zero-order valence-electron chi connectivity index (χ0n) is 15.5. The lowest BCUT2D eigenvalue weighted by atomic mass is 9.92. The number of hydrogen-bond acceptors (Lipinski definition) is 4. The Balaban J connectivity index is 1.87. The summed E-state index contributed by atoms with van der Waals surface area (Å²) in [5, 5.41) is 12.8. The number of hydrogen-bond donors (Lipinski definition) is 2. The molecule has 1 saturated carbocycles. The molecule has 6 nitrogen and oxygen atoms in total. The van der Waals surface area contributed by atoms with Crippen LogP contribution in [0.1, 0.15) is 45.6 Å². The molecule has 1 fully saturated rings. The third kappa shape index (κ3) is 4.56. The van der Waals surface area contributed by atoms with E-state index in [0.717, 1.165) is 24.0 Å². The Kier molecular flexibility index (Phi) is 4.94. The zero-order valence-corrected chi connectivity index (χ0v) is 15.5. The molecule has 0 bridgehead atoms. The number of aromatic hydroxyl groups is 1. The first kappa shape index (κ1) is 18.3. The maximum Gasteiger partial charge on any atom is 0.410 e. The van der Waals surface area contributed by atoms with Gasteiger partial charge < -0.3 is 20.1 Å². The summed E-state index contributed by atoms with van der Waals surface area (Å²) in [5.41, 5.74) is 1.68. The van der Waals surface area contributed by atoms with Crippen molar-refractivity contribution in [2.45, 2.75) is 51.7 Å². The number of nitrogens with zero attached hydrogens (tertiary/aromatic N) is 1. The SMILES string of the molecule is CC(C)(C)OC(=O)N1CCC(c2cccc(O)c2)=C(C(=O)NC2CC2)C1. The number of phenols is 1. The van der Waals surface area contributed by atoms with Crippen LogP contribution in [-0.4, -0.2) is 46.7 Å². The zero-order chi connectivity index (χ0) is 18.9. The Morgan fingerprint density at radius 1 is 1.27 bits per heavy atom. The van der Waals surface area contributed by atoms with Crippen LogP contribution in [0.15, 0.2) is 29.8 Å². The van der Waals surface area contributed by atoms with E-state index in [1.54, 1.807) is 23.1 Å². The molecule has 1 heterocycles. The maximum atomic E-state index is 12.8. The molecule has 0 spiro atoms. The van der Waals surface area contributed by atoms with Gasteiger partial charge in [-0.2, -0.15) is 0 Å². The molecule has 2 amide bonds. The van der Waals surface area contributed by atoms with Crippen LogP contribution in [0.2, 0.25) is 0 Å². The molecule has 1 aromatic rings. The monoisotopic (exact) mass is 358 g/mol. The van der Waals surface area contributed by atoms with E-state index in [1.807, 2.05) is 26.8 Å². The highest BCUT2D eigenvalue weighted by Crippen LogP contribution is 2.31. The van der Waals surface area contributed by atoms with Crippen molar-refractivity contribution in [3.63, 3.8) is 0 Å². The van der Waals surface area contributed by atoms with Crippen LogP contribution >= 0.6 is 0 Å². The molecule has 2 aliphatic rings. The van der Waals surface area contributed by atoms with Gasteiger partial charge in [-0.05, 0) is 63.3 Å². The lowest BCUT2D eigenvalue weighted by Gasteiger charge is -2.32. The summed E-state index contributed by atoms with van der Waals surface area (Å²) in [6.07, 6.45) is 2.12. The molecule has 26 heavy (non-hydrogen) atoms. The molecule has 0 saturated heterocycles. The second kappa shape index (κ2) is 7.02. The minimum atomic E-state index is -0.581. The average molecular weight is 358 g/mol. The van der Waals surface area contributed by atoms with Gasteiger partial charge >= 0.3 is 6.09 Å². The molecule has 2 N–H and O–H groups in total. The van der Waals surface area contributed by atoms with E-state index in [2.05, 4.69) is 5.32 Å². The van der Waals surface area contributed by atoms with Crippen molar-refractivity contribution in [1.82, 2.24) is 10.2 Å². The molecular formula is C20H26N2O4. The molecule has 0 aromatic heterocycles. The third-order valence-corrected chi connectivity index (χ3v) is 4.38. The summed E-state index contributed by atoms with van der Waals surface area (Å²) >= 11 is 0. The van der Waals surface area contributed by atoms with Gasteiger partial charge in [-0.15, -0.1) is 0 Å². The molecule has 1 aromatic carbocycles. The summed E-state index contributed by atoms with van der Waals surface area (Å²) < 4.78 is 5.45. The summed E-state index contributed by atoms with van der Waals surface area (Å²) in [6.45, 7) is 6.15.